The van der Waals surface area contributed by atoms with Crippen molar-refractivity contribution in [1.29, 1.82) is 0 Å². The Balaban J connectivity index is 1.68. The Labute approximate surface area is 206 Å². The molecule has 3 N–H and O–H groups in total. The number of fused-ring (bicyclic) bond motifs is 3. The van der Waals surface area contributed by atoms with Gasteiger partial charge in [-0.15, -0.1) is 0 Å². The van der Waals surface area contributed by atoms with E-state index < -0.39 is 35.5 Å². The van der Waals surface area contributed by atoms with Crippen molar-refractivity contribution in [3.05, 3.63) is 59.7 Å². The molecule has 8 nitrogen and oxygen atoms in total. The van der Waals surface area contributed by atoms with Gasteiger partial charge in [0.2, 0.25) is 5.91 Å². The summed E-state index contributed by atoms with van der Waals surface area (Å²) < 4.78 is 10.6. The van der Waals surface area contributed by atoms with Crippen molar-refractivity contribution in [3.63, 3.8) is 0 Å². The Morgan fingerprint density at radius 2 is 1.54 bits per heavy atom. The number of alkyl carbamates (subject to hydrolysis) is 1. The van der Waals surface area contributed by atoms with Gasteiger partial charge < -0.3 is 25.2 Å². The van der Waals surface area contributed by atoms with Crippen LogP contribution in [0.3, 0.4) is 0 Å². The van der Waals surface area contributed by atoms with Gasteiger partial charge in [-0.1, -0.05) is 69.3 Å². The summed E-state index contributed by atoms with van der Waals surface area (Å²) >= 11 is 0. The zero-order valence-corrected chi connectivity index (χ0v) is 20.7. The van der Waals surface area contributed by atoms with Crippen LogP contribution in [0.4, 0.5) is 4.79 Å². The van der Waals surface area contributed by atoms with Crippen LogP contribution in [0.1, 0.15) is 50.7 Å². The van der Waals surface area contributed by atoms with E-state index >= 15 is 0 Å². The minimum absolute atomic E-state index is 0.105. The number of rotatable bonds is 10. The second-order valence-electron chi connectivity index (χ2n) is 9.80. The average molecular weight is 483 g/mol. The minimum atomic E-state index is -1.14. The highest BCUT2D eigenvalue weighted by Gasteiger charge is 2.35. The third-order valence-electron chi connectivity index (χ3n) is 6.19. The number of benzene rings is 2. The van der Waals surface area contributed by atoms with Crippen LogP contribution in [0.2, 0.25) is 0 Å². The van der Waals surface area contributed by atoms with Gasteiger partial charge in [0.25, 0.3) is 0 Å². The van der Waals surface area contributed by atoms with Gasteiger partial charge in [-0.25, -0.2) is 9.59 Å². The second kappa shape index (κ2) is 11.4. The van der Waals surface area contributed by atoms with E-state index in [1.54, 1.807) is 27.9 Å². The molecule has 1 unspecified atom stereocenters. The molecule has 0 aliphatic heterocycles. The Kier molecular flexibility index (Phi) is 8.51. The Morgan fingerprint density at radius 1 is 0.971 bits per heavy atom. The first-order chi connectivity index (χ1) is 16.6. The first kappa shape index (κ1) is 26.2. The third-order valence-corrected chi connectivity index (χ3v) is 6.19. The van der Waals surface area contributed by atoms with E-state index in [1.165, 1.54) is 0 Å². The molecule has 0 saturated heterocycles. The summed E-state index contributed by atoms with van der Waals surface area (Å²) in [4.78, 5) is 37.4. The highest BCUT2D eigenvalue weighted by molar-refractivity contribution is 5.89. The molecule has 188 valence electrons. The number of nitrogens with one attached hydrogen (secondary N) is 2. The lowest BCUT2D eigenvalue weighted by Gasteiger charge is -2.29. The number of ether oxygens (including phenoxy) is 2. The zero-order valence-electron chi connectivity index (χ0n) is 20.7. The maximum atomic E-state index is 12.9. The van der Waals surface area contributed by atoms with Crippen LogP contribution in [0.25, 0.3) is 11.1 Å². The van der Waals surface area contributed by atoms with Crippen molar-refractivity contribution in [2.75, 3.05) is 20.3 Å². The van der Waals surface area contributed by atoms with Gasteiger partial charge in [0.05, 0.1) is 0 Å². The van der Waals surface area contributed by atoms with Crippen molar-refractivity contribution in [2.24, 2.45) is 5.41 Å². The van der Waals surface area contributed by atoms with E-state index in [0.29, 0.717) is 13.0 Å². The predicted octanol–water partition coefficient (Wildman–Crippen LogP) is 3.94. The lowest BCUT2D eigenvalue weighted by molar-refractivity contribution is -0.145. The Bertz CT molecular complexity index is 1020. The molecular weight excluding hydrogens is 448 g/mol. The van der Waals surface area contributed by atoms with Crippen molar-refractivity contribution in [1.82, 2.24) is 10.6 Å². The fourth-order valence-electron chi connectivity index (χ4n) is 4.37. The van der Waals surface area contributed by atoms with Crippen molar-refractivity contribution in [3.8, 4) is 11.1 Å². The predicted molar refractivity (Wildman–Crippen MR) is 132 cm³/mol. The van der Waals surface area contributed by atoms with Gasteiger partial charge in [-0.3, -0.25) is 4.79 Å². The second-order valence-corrected chi connectivity index (χ2v) is 9.80. The smallest absolute Gasteiger partial charge is 0.407 e. The highest BCUT2D eigenvalue weighted by atomic mass is 16.5. The van der Waals surface area contributed by atoms with Crippen molar-refractivity contribution < 1.29 is 29.0 Å². The fraction of sp³-hybridized carbons (Fsp3) is 0.444. The number of carbonyl (C=O) groups excluding carboxylic acids is 2. The van der Waals surface area contributed by atoms with Crippen LogP contribution in [0.5, 0.6) is 0 Å². The van der Waals surface area contributed by atoms with Gasteiger partial charge in [-0.2, -0.15) is 0 Å². The number of aliphatic carboxylic acids is 1. The minimum Gasteiger partial charge on any atom is -0.480 e. The van der Waals surface area contributed by atoms with Crippen LogP contribution in [-0.2, 0) is 19.1 Å². The van der Waals surface area contributed by atoms with Gasteiger partial charge in [0.15, 0.2) is 0 Å². The summed E-state index contributed by atoms with van der Waals surface area (Å²) in [7, 11) is 1.55. The molecule has 3 rings (SSSR count). The first-order valence-electron chi connectivity index (χ1n) is 11.8. The van der Waals surface area contributed by atoms with E-state index in [9.17, 15) is 19.5 Å². The number of carbonyl (C=O) groups is 3. The zero-order chi connectivity index (χ0) is 25.6. The Hall–Kier alpha value is -3.39. The first-order valence-corrected chi connectivity index (χ1v) is 11.8. The summed E-state index contributed by atoms with van der Waals surface area (Å²) in [6.07, 6.45) is 0.0540. The number of carboxylic acids is 1. The molecule has 0 spiro atoms. The number of amides is 2. The van der Waals surface area contributed by atoms with E-state index in [-0.39, 0.29) is 18.9 Å². The van der Waals surface area contributed by atoms with E-state index in [4.69, 9.17) is 9.47 Å². The van der Waals surface area contributed by atoms with Crippen LogP contribution in [-0.4, -0.2) is 55.5 Å². The molecule has 0 heterocycles. The lowest BCUT2D eigenvalue weighted by atomic mass is 9.86. The molecule has 2 atom stereocenters. The molecule has 8 heteroatoms. The van der Waals surface area contributed by atoms with Crippen molar-refractivity contribution >= 4 is 18.0 Å². The monoisotopic (exact) mass is 482 g/mol. The number of hydrogen-bond donors (Lipinski definition) is 3. The van der Waals surface area contributed by atoms with Gasteiger partial charge in [-0.05, 0) is 40.5 Å². The van der Waals surface area contributed by atoms with Gasteiger partial charge in [0.1, 0.15) is 18.7 Å². The standard InChI is InChI=1S/C27H34N2O6/c1-27(2,3)23(25(31)32)29-24(30)22(14-9-15-34-4)28-26(33)35-16-21-19-12-7-5-10-17(19)18-11-6-8-13-20(18)21/h5-8,10-13,21-23H,9,14-16H2,1-4H3,(H,28,33)(H,29,30)(H,31,32)/t22?,23-/m0/s1. The SMILES string of the molecule is COCCCC(NC(=O)OCC1c2ccccc2-c2ccccc21)C(=O)N[C@@H](C(=O)O)C(C)(C)C. The molecule has 35 heavy (non-hydrogen) atoms. The summed E-state index contributed by atoms with van der Waals surface area (Å²) in [5.41, 5.74) is 3.71. The quantitative estimate of drug-likeness (QED) is 0.442. The largest absolute Gasteiger partial charge is 0.480 e. The molecule has 0 aromatic heterocycles. The van der Waals surface area contributed by atoms with Crippen molar-refractivity contribution in [2.45, 2.75) is 51.6 Å². The third kappa shape index (κ3) is 6.39. The molecule has 0 bridgehead atoms. The molecule has 1 aliphatic carbocycles. The summed E-state index contributed by atoms with van der Waals surface area (Å²) in [5, 5.41) is 14.7. The molecule has 2 amide bonds. The van der Waals surface area contributed by atoms with Crippen LogP contribution >= 0.6 is 0 Å². The number of methoxy groups -OCH3 is 1. The van der Waals surface area contributed by atoms with Crippen LogP contribution in [0.15, 0.2) is 48.5 Å². The number of hydrogen-bond acceptors (Lipinski definition) is 5. The molecule has 0 saturated carbocycles. The summed E-state index contributed by atoms with van der Waals surface area (Å²) in [6.45, 7) is 5.70. The summed E-state index contributed by atoms with van der Waals surface area (Å²) in [5.74, 6) is -1.81. The van der Waals surface area contributed by atoms with E-state index in [2.05, 4.69) is 22.8 Å². The molecule has 0 radical (unpaired) electrons. The maximum absolute atomic E-state index is 12.9. The maximum Gasteiger partial charge on any atom is 0.407 e. The molecule has 2 aromatic carbocycles. The lowest BCUT2D eigenvalue weighted by Crippen LogP contribution is -2.55. The normalized spacial score (nSPS) is 14.4. The molecule has 1 aliphatic rings. The van der Waals surface area contributed by atoms with Crippen LogP contribution in [0, 0.1) is 5.41 Å². The molecular formula is C27H34N2O6. The topological polar surface area (TPSA) is 114 Å². The molecule has 2 aromatic rings. The van der Waals surface area contributed by atoms with Crippen LogP contribution < -0.4 is 10.6 Å². The van der Waals surface area contributed by atoms with Gasteiger partial charge in [0, 0.05) is 19.6 Å². The van der Waals surface area contributed by atoms with Gasteiger partial charge >= 0.3 is 12.1 Å². The van der Waals surface area contributed by atoms with E-state index in [0.717, 1.165) is 22.3 Å². The highest BCUT2D eigenvalue weighted by Crippen LogP contribution is 2.44. The Morgan fingerprint density at radius 3 is 2.06 bits per heavy atom. The molecule has 0 fully saturated rings. The number of carboxylic acid groups (broad SMARTS) is 1. The van der Waals surface area contributed by atoms with E-state index in [1.807, 2.05) is 36.4 Å². The average Bonchev–Trinajstić information content (AvgIpc) is 3.13. The summed E-state index contributed by atoms with van der Waals surface area (Å²) in [6, 6.07) is 14.0. The fourth-order valence-corrected chi connectivity index (χ4v) is 4.37.